The lowest BCUT2D eigenvalue weighted by Gasteiger charge is -2.07. The standard InChI is InChI=1S/C10H15N3/c11-7-9-5-6-12-10(13-9)8-3-1-2-4-8/h5-6,8H,1-4,7,11H2. The van der Waals surface area contributed by atoms with Gasteiger partial charge in [-0.3, -0.25) is 0 Å². The molecule has 70 valence electrons. The van der Waals surface area contributed by atoms with Crippen molar-refractivity contribution in [2.24, 2.45) is 5.73 Å². The molecule has 3 heteroatoms. The average molecular weight is 177 g/mol. The molecule has 0 aromatic carbocycles. The number of aromatic nitrogens is 2. The SMILES string of the molecule is NCc1ccnc(C2CCCC2)n1. The third-order valence-corrected chi connectivity index (χ3v) is 2.66. The molecule has 2 N–H and O–H groups in total. The zero-order valence-electron chi connectivity index (χ0n) is 7.74. The van der Waals surface area contributed by atoms with Crippen LogP contribution in [0.25, 0.3) is 0 Å². The summed E-state index contributed by atoms with van der Waals surface area (Å²) < 4.78 is 0. The Morgan fingerprint density at radius 3 is 2.85 bits per heavy atom. The Hall–Kier alpha value is -0.960. The van der Waals surface area contributed by atoms with Crippen LogP contribution >= 0.6 is 0 Å². The number of hydrogen-bond acceptors (Lipinski definition) is 3. The maximum atomic E-state index is 5.53. The number of nitrogens with zero attached hydrogens (tertiary/aromatic N) is 2. The van der Waals surface area contributed by atoms with Crippen LogP contribution in [0.4, 0.5) is 0 Å². The highest BCUT2D eigenvalue weighted by atomic mass is 14.9. The molecule has 0 amide bonds. The van der Waals surface area contributed by atoms with Gasteiger partial charge in [-0.05, 0) is 18.9 Å². The third kappa shape index (κ3) is 1.86. The predicted octanol–water partition coefficient (Wildman–Crippen LogP) is 1.59. The van der Waals surface area contributed by atoms with E-state index in [9.17, 15) is 0 Å². The second kappa shape index (κ2) is 3.83. The lowest BCUT2D eigenvalue weighted by Crippen LogP contribution is -2.06. The molecule has 2 rings (SSSR count). The number of hydrogen-bond donors (Lipinski definition) is 1. The summed E-state index contributed by atoms with van der Waals surface area (Å²) in [6.45, 7) is 0.516. The van der Waals surface area contributed by atoms with Gasteiger partial charge in [0.05, 0.1) is 5.69 Å². The van der Waals surface area contributed by atoms with Gasteiger partial charge in [-0.1, -0.05) is 12.8 Å². The summed E-state index contributed by atoms with van der Waals surface area (Å²) in [6.07, 6.45) is 6.95. The first-order valence-electron chi connectivity index (χ1n) is 4.92. The van der Waals surface area contributed by atoms with Gasteiger partial charge in [-0.15, -0.1) is 0 Å². The van der Waals surface area contributed by atoms with E-state index in [1.165, 1.54) is 25.7 Å². The summed E-state index contributed by atoms with van der Waals surface area (Å²) in [4.78, 5) is 8.74. The lowest BCUT2D eigenvalue weighted by molar-refractivity contribution is 0.660. The normalized spacial score (nSPS) is 17.9. The van der Waals surface area contributed by atoms with Crippen LogP contribution in [0.3, 0.4) is 0 Å². The summed E-state index contributed by atoms with van der Waals surface area (Å²) in [6, 6.07) is 1.89. The first kappa shape index (κ1) is 8.63. The van der Waals surface area contributed by atoms with E-state index < -0.39 is 0 Å². The van der Waals surface area contributed by atoms with Gasteiger partial charge in [0.15, 0.2) is 0 Å². The zero-order chi connectivity index (χ0) is 9.10. The molecule has 1 saturated carbocycles. The van der Waals surface area contributed by atoms with Crippen molar-refractivity contribution in [1.29, 1.82) is 0 Å². The summed E-state index contributed by atoms with van der Waals surface area (Å²) in [5.74, 6) is 1.59. The van der Waals surface area contributed by atoms with E-state index in [-0.39, 0.29) is 0 Å². The van der Waals surface area contributed by atoms with E-state index in [0.717, 1.165) is 11.5 Å². The van der Waals surface area contributed by atoms with Gasteiger partial charge in [-0.2, -0.15) is 0 Å². The number of nitrogens with two attached hydrogens (primary N) is 1. The van der Waals surface area contributed by atoms with Crippen LogP contribution in [-0.4, -0.2) is 9.97 Å². The van der Waals surface area contributed by atoms with Crippen molar-refractivity contribution in [3.63, 3.8) is 0 Å². The molecule has 1 aromatic rings. The molecule has 3 nitrogen and oxygen atoms in total. The molecule has 1 aromatic heterocycles. The van der Waals surface area contributed by atoms with E-state index in [0.29, 0.717) is 12.5 Å². The van der Waals surface area contributed by atoms with E-state index >= 15 is 0 Å². The van der Waals surface area contributed by atoms with Gasteiger partial charge >= 0.3 is 0 Å². The van der Waals surface area contributed by atoms with Crippen LogP contribution in [0.2, 0.25) is 0 Å². The second-order valence-electron chi connectivity index (χ2n) is 3.59. The third-order valence-electron chi connectivity index (χ3n) is 2.66. The van der Waals surface area contributed by atoms with Gasteiger partial charge in [0.2, 0.25) is 0 Å². The molecule has 0 saturated heterocycles. The summed E-state index contributed by atoms with van der Waals surface area (Å²) in [7, 11) is 0. The molecule has 0 aliphatic heterocycles. The lowest BCUT2D eigenvalue weighted by atomic mass is 10.1. The van der Waals surface area contributed by atoms with Crippen LogP contribution < -0.4 is 5.73 Å². The van der Waals surface area contributed by atoms with Gasteiger partial charge < -0.3 is 5.73 Å². The number of rotatable bonds is 2. The fraction of sp³-hybridized carbons (Fsp3) is 0.600. The fourth-order valence-electron chi connectivity index (χ4n) is 1.91. The van der Waals surface area contributed by atoms with Crippen LogP contribution in [0.15, 0.2) is 12.3 Å². The Morgan fingerprint density at radius 1 is 1.38 bits per heavy atom. The van der Waals surface area contributed by atoms with E-state index in [2.05, 4.69) is 9.97 Å². The topological polar surface area (TPSA) is 51.8 Å². The molecule has 0 unspecified atom stereocenters. The van der Waals surface area contributed by atoms with Crippen molar-refractivity contribution in [3.05, 3.63) is 23.8 Å². The van der Waals surface area contributed by atoms with Gasteiger partial charge in [0.1, 0.15) is 5.82 Å². The highest BCUT2D eigenvalue weighted by molar-refractivity contribution is 5.06. The Kier molecular flexibility index (Phi) is 2.54. The van der Waals surface area contributed by atoms with Crippen molar-refractivity contribution in [3.8, 4) is 0 Å². The highest BCUT2D eigenvalue weighted by Crippen LogP contribution is 2.31. The Morgan fingerprint density at radius 2 is 2.15 bits per heavy atom. The Balaban J connectivity index is 2.18. The van der Waals surface area contributed by atoms with Gasteiger partial charge in [-0.25, -0.2) is 9.97 Å². The molecule has 1 heterocycles. The predicted molar refractivity (Wildman–Crippen MR) is 51.1 cm³/mol. The maximum absolute atomic E-state index is 5.53. The average Bonchev–Trinajstić information content (AvgIpc) is 2.71. The maximum Gasteiger partial charge on any atom is 0.131 e. The van der Waals surface area contributed by atoms with E-state index in [1.54, 1.807) is 0 Å². The minimum absolute atomic E-state index is 0.516. The fourth-order valence-corrected chi connectivity index (χ4v) is 1.91. The molecule has 0 bridgehead atoms. The zero-order valence-corrected chi connectivity index (χ0v) is 7.74. The minimum Gasteiger partial charge on any atom is -0.325 e. The largest absolute Gasteiger partial charge is 0.325 e. The molecule has 1 aliphatic rings. The molecule has 13 heavy (non-hydrogen) atoms. The van der Waals surface area contributed by atoms with Crippen molar-refractivity contribution in [2.45, 2.75) is 38.1 Å². The molecule has 0 atom stereocenters. The summed E-state index contributed by atoms with van der Waals surface area (Å²) in [5, 5.41) is 0. The Bertz CT molecular complexity index is 279. The molecular formula is C10H15N3. The summed E-state index contributed by atoms with van der Waals surface area (Å²) in [5.41, 5.74) is 6.48. The smallest absolute Gasteiger partial charge is 0.131 e. The molecule has 1 aliphatic carbocycles. The van der Waals surface area contributed by atoms with Crippen LogP contribution in [0.5, 0.6) is 0 Å². The van der Waals surface area contributed by atoms with E-state index in [1.807, 2.05) is 12.3 Å². The van der Waals surface area contributed by atoms with Crippen LogP contribution in [0.1, 0.15) is 43.1 Å². The van der Waals surface area contributed by atoms with Crippen molar-refractivity contribution < 1.29 is 0 Å². The van der Waals surface area contributed by atoms with Gasteiger partial charge in [0.25, 0.3) is 0 Å². The molecule has 0 spiro atoms. The second-order valence-corrected chi connectivity index (χ2v) is 3.59. The van der Waals surface area contributed by atoms with E-state index in [4.69, 9.17) is 5.73 Å². The minimum atomic E-state index is 0.516. The molecule has 0 radical (unpaired) electrons. The van der Waals surface area contributed by atoms with Crippen molar-refractivity contribution >= 4 is 0 Å². The summed E-state index contributed by atoms with van der Waals surface area (Å²) >= 11 is 0. The van der Waals surface area contributed by atoms with Gasteiger partial charge in [0, 0.05) is 18.7 Å². The first-order valence-corrected chi connectivity index (χ1v) is 4.92. The molecule has 1 fully saturated rings. The van der Waals surface area contributed by atoms with Crippen LogP contribution in [0, 0.1) is 0 Å². The monoisotopic (exact) mass is 177 g/mol. The molecular weight excluding hydrogens is 162 g/mol. The first-order chi connectivity index (χ1) is 6.40. The Labute approximate surface area is 78.4 Å². The van der Waals surface area contributed by atoms with Crippen LogP contribution in [-0.2, 0) is 6.54 Å². The highest BCUT2D eigenvalue weighted by Gasteiger charge is 2.19. The van der Waals surface area contributed by atoms with Crippen molar-refractivity contribution in [2.75, 3.05) is 0 Å². The quantitative estimate of drug-likeness (QED) is 0.746. The van der Waals surface area contributed by atoms with Crippen molar-refractivity contribution in [1.82, 2.24) is 9.97 Å².